The van der Waals surface area contributed by atoms with Gasteiger partial charge in [0.15, 0.2) is 0 Å². The van der Waals surface area contributed by atoms with Crippen molar-refractivity contribution in [3.05, 3.63) is 47.2 Å². The second-order valence-corrected chi connectivity index (χ2v) is 7.93. The molecule has 4 rings (SSSR count). The predicted octanol–water partition coefficient (Wildman–Crippen LogP) is 2.79. The summed E-state index contributed by atoms with van der Waals surface area (Å²) in [6, 6.07) is 8.89. The minimum atomic E-state index is -0.374. The topological polar surface area (TPSA) is 78.4 Å². The number of aromatic nitrogens is 2. The first-order chi connectivity index (χ1) is 14.1. The third-order valence-corrected chi connectivity index (χ3v) is 5.67. The van der Waals surface area contributed by atoms with Gasteiger partial charge in [-0.1, -0.05) is 11.6 Å². The van der Waals surface area contributed by atoms with Crippen molar-refractivity contribution < 1.29 is 9.59 Å². The molecule has 0 aliphatic carbocycles. The number of anilines is 2. The van der Waals surface area contributed by atoms with Crippen molar-refractivity contribution in [3.63, 3.8) is 0 Å². The molecule has 0 spiro atoms. The standard InChI is InChI=1S/C21H24ClN5O2/c22-16-4-6-18(7-5-16)27-14-15(12-19(27)28)20(29)24-13-17-8-9-23-21(25-17)26-10-2-1-3-11-26/h4-9,15H,1-3,10-14H2,(H,24,29). The average molecular weight is 414 g/mol. The highest BCUT2D eigenvalue weighted by Crippen LogP contribution is 2.26. The summed E-state index contributed by atoms with van der Waals surface area (Å²) in [5, 5.41) is 3.54. The molecular weight excluding hydrogens is 390 g/mol. The average Bonchev–Trinajstić information content (AvgIpc) is 3.15. The molecule has 1 aromatic carbocycles. The van der Waals surface area contributed by atoms with Crippen LogP contribution in [0.4, 0.5) is 11.6 Å². The normalized spacial score (nSPS) is 19.5. The van der Waals surface area contributed by atoms with Crippen LogP contribution in [-0.2, 0) is 16.1 Å². The molecule has 1 N–H and O–H groups in total. The zero-order chi connectivity index (χ0) is 20.2. The second-order valence-electron chi connectivity index (χ2n) is 7.50. The zero-order valence-electron chi connectivity index (χ0n) is 16.2. The van der Waals surface area contributed by atoms with Gasteiger partial charge in [0.25, 0.3) is 0 Å². The molecule has 2 aliphatic rings. The van der Waals surface area contributed by atoms with E-state index >= 15 is 0 Å². The van der Waals surface area contributed by atoms with E-state index < -0.39 is 0 Å². The highest BCUT2D eigenvalue weighted by Gasteiger charge is 2.35. The molecule has 3 heterocycles. The SMILES string of the molecule is O=C(NCc1ccnc(N2CCCCC2)n1)C1CC(=O)N(c2ccc(Cl)cc2)C1. The molecule has 1 unspecified atom stereocenters. The Morgan fingerprint density at radius 3 is 2.66 bits per heavy atom. The second kappa shape index (κ2) is 8.78. The van der Waals surface area contributed by atoms with Gasteiger partial charge in [-0.05, 0) is 49.6 Å². The highest BCUT2D eigenvalue weighted by atomic mass is 35.5. The van der Waals surface area contributed by atoms with Gasteiger partial charge in [-0.25, -0.2) is 9.97 Å². The van der Waals surface area contributed by atoms with Crippen LogP contribution < -0.4 is 15.1 Å². The Morgan fingerprint density at radius 2 is 1.90 bits per heavy atom. The quantitative estimate of drug-likeness (QED) is 0.815. The first-order valence-corrected chi connectivity index (χ1v) is 10.4. The van der Waals surface area contributed by atoms with Crippen LogP contribution in [0.3, 0.4) is 0 Å². The predicted molar refractivity (Wildman–Crippen MR) is 112 cm³/mol. The summed E-state index contributed by atoms with van der Waals surface area (Å²) in [4.78, 5) is 37.8. The van der Waals surface area contributed by atoms with E-state index in [-0.39, 0.29) is 24.2 Å². The summed E-state index contributed by atoms with van der Waals surface area (Å²) in [6.07, 6.45) is 5.50. The van der Waals surface area contributed by atoms with Crippen LogP contribution in [0.25, 0.3) is 0 Å². The molecule has 0 radical (unpaired) electrons. The lowest BCUT2D eigenvalue weighted by Gasteiger charge is -2.26. The molecule has 2 aliphatic heterocycles. The van der Waals surface area contributed by atoms with Crippen LogP contribution in [0.5, 0.6) is 0 Å². The van der Waals surface area contributed by atoms with E-state index in [1.807, 2.05) is 6.07 Å². The van der Waals surface area contributed by atoms with Gasteiger partial charge in [0.05, 0.1) is 18.2 Å². The molecular formula is C21H24ClN5O2. The Kier molecular flexibility index (Phi) is 5.94. The number of hydrogen-bond acceptors (Lipinski definition) is 5. The number of hydrogen-bond donors (Lipinski definition) is 1. The molecule has 2 saturated heterocycles. The summed E-state index contributed by atoms with van der Waals surface area (Å²) in [6.45, 7) is 2.64. The number of nitrogens with zero attached hydrogens (tertiary/aromatic N) is 4. The number of benzene rings is 1. The molecule has 1 atom stereocenters. The van der Waals surface area contributed by atoms with Crippen LogP contribution in [0.1, 0.15) is 31.4 Å². The molecule has 7 nitrogen and oxygen atoms in total. The zero-order valence-corrected chi connectivity index (χ0v) is 16.9. The van der Waals surface area contributed by atoms with Crippen molar-refractivity contribution >= 4 is 35.1 Å². The number of nitrogens with one attached hydrogen (secondary N) is 1. The molecule has 0 bridgehead atoms. The number of carbonyl (C=O) groups is 2. The summed E-state index contributed by atoms with van der Waals surface area (Å²) in [7, 11) is 0. The van der Waals surface area contributed by atoms with E-state index in [9.17, 15) is 9.59 Å². The Morgan fingerprint density at radius 1 is 1.14 bits per heavy atom. The molecule has 29 heavy (non-hydrogen) atoms. The van der Waals surface area contributed by atoms with Crippen molar-refractivity contribution in [3.8, 4) is 0 Å². The van der Waals surface area contributed by atoms with E-state index in [1.165, 1.54) is 6.42 Å². The fourth-order valence-corrected chi connectivity index (χ4v) is 3.93. The van der Waals surface area contributed by atoms with Crippen LogP contribution in [0.2, 0.25) is 5.02 Å². The molecule has 0 saturated carbocycles. The van der Waals surface area contributed by atoms with Gasteiger partial charge in [-0.15, -0.1) is 0 Å². The largest absolute Gasteiger partial charge is 0.350 e. The lowest BCUT2D eigenvalue weighted by molar-refractivity contribution is -0.126. The van der Waals surface area contributed by atoms with E-state index in [2.05, 4.69) is 20.2 Å². The first kappa shape index (κ1) is 19.6. The first-order valence-electron chi connectivity index (χ1n) is 10.0. The van der Waals surface area contributed by atoms with E-state index in [0.29, 0.717) is 18.1 Å². The number of halogens is 1. The van der Waals surface area contributed by atoms with Gasteiger partial charge < -0.3 is 15.1 Å². The van der Waals surface area contributed by atoms with Gasteiger partial charge in [-0.2, -0.15) is 0 Å². The van der Waals surface area contributed by atoms with Gasteiger partial charge >= 0.3 is 0 Å². The summed E-state index contributed by atoms with van der Waals surface area (Å²) in [5.74, 6) is 0.165. The third kappa shape index (κ3) is 4.67. The van der Waals surface area contributed by atoms with E-state index in [4.69, 9.17) is 11.6 Å². The molecule has 1 aromatic heterocycles. The molecule has 152 valence electrons. The van der Waals surface area contributed by atoms with Crippen LogP contribution in [-0.4, -0.2) is 41.4 Å². The van der Waals surface area contributed by atoms with Crippen LogP contribution >= 0.6 is 11.6 Å². The van der Waals surface area contributed by atoms with Crippen molar-refractivity contribution in [2.24, 2.45) is 5.92 Å². The summed E-state index contributed by atoms with van der Waals surface area (Å²) in [5.41, 5.74) is 1.53. The number of piperidine rings is 1. The smallest absolute Gasteiger partial charge is 0.227 e. The Bertz CT molecular complexity index is 883. The molecule has 2 aromatic rings. The van der Waals surface area contributed by atoms with Crippen molar-refractivity contribution in [2.45, 2.75) is 32.2 Å². The molecule has 2 fully saturated rings. The maximum atomic E-state index is 12.6. The van der Waals surface area contributed by atoms with Crippen molar-refractivity contribution in [1.82, 2.24) is 15.3 Å². The Hall–Kier alpha value is -2.67. The lowest BCUT2D eigenvalue weighted by atomic mass is 10.1. The fraction of sp³-hybridized carbons (Fsp3) is 0.429. The number of rotatable bonds is 5. The monoisotopic (exact) mass is 413 g/mol. The fourth-order valence-electron chi connectivity index (χ4n) is 3.81. The van der Waals surface area contributed by atoms with E-state index in [1.54, 1.807) is 35.4 Å². The van der Waals surface area contributed by atoms with Crippen LogP contribution in [0.15, 0.2) is 36.5 Å². The van der Waals surface area contributed by atoms with Crippen LogP contribution in [0, 0.1) is 5.92 Å². The lowest BCUT2D eigenvalue weighted by Crippen LogP contribution is -2.33. The third-order valence-electron chi connectivity index (χ3n) is 5.42. The van der Waals surface area contributed by atoms with Crippen molar-refractivity contribution in [2.75, 3.05) is 29.4 Å². The highest BCUT2D eigenvalue weighted by molar-refractivity contribution is 6.30. The molecule has 8 heteroatoms. The summed E-state index contributed by atoms with van der Waals surface area (Å²) < 4.78 is 0. The van der Waals surface area contributed by atoms with Gasteiger partial charge in [-0.3, -0.25) is 9.59 Å². The number of amides is 2. The maximum Gasteiger partial charge on any atom is 0.227 e. The summed E-state index contributed by atoms with van der Waals surface area (Å²) >= 11 is 5.91. The molecule has 2 amide bonds. The minimum Gasteiger partial charge on any atom is -0.350 e. The van der Waals surface area contributed by atoms with Gasteiger partial charge in [0, 0.05) is 43.0 Å². The Balaban J connectivity index is 1.34. The van der Waals surface area contributed by atoms with Gasteiger partial charge in [0.2, 0.25) is 17.8 Å². The van der Waals surface area contributed by atoms with Gasteiger partial charge in [0.1, 0.15) is 0 Å². The van der Waals surface area contributed by atoms with E-state index in [0.717, 1.165) is 43.3 Å². The van der Waals surface area contributed by atoms with Crippen molar-refractivity contribution in [1.29, 1.82) is 0 Å². The number of carbonyl (C=O) groups excluding carboxylic acids is 2. The minimum absolute atomic E-state index is 0.0538. The Labute approximate surface area is 175 Å². The maximum absolute atomic E-state index is 12.6.